The van der Waals surface area contributed by atoms with Crippen molar-refractivity contribution >= 4 is 11.5 Å². The summed E-state index contributed by atoms with van der Waals surface area (Å²) in [6.45, 7) is 0. The van der Waals surface area contributed by atoms with Gasteiger partial charge in [0, 0.05) is 23.0 Å². The standard InChI is InChI=1S/C38H30O2/c1-5-13-27(14-6-1)33-25-35(39-37(33)31-17-9-3-10-18-31)29-21-23-30(24-22-29)36-26-34(28-15-7-2-8-16-28)38(40-36)32-19-11-4-12-20-32/h1-26,33-34,37-38H. The van der Waals surface area contributed by atoms with Crippen LogP contribution in [0.1, 0.15) is 57.4 Å². The number of hydrogen-bond acceptors (Lipinski definition) is 2. The summed E-state index contributed by atoms with van der Waals surface area (Å²) in [6.07, 6.45) is 4.42. The molecule has 2 heterocycles. The second kappa shape index (κ2) is 10.7. The van der Waals surface area contributed by atoms with Crippen LogP contribution in [0.3, 0.4) is 0 Å². The molecule has 5 aromatic carbocycles. The van der Waals surface area contributed by atoms with Crippen molar-refractivity contribution in [1.29, 1.82) is 0 Å². The zero-order valence-corrected chi connectivity index (χ0v) is 22.1. The van der Waals surface area contributed by atoms with Crippen molar-refractivity contribution < 1.29 is 9.47 Å². The van der Waals surface area contributed by atoms with Crippen molar-refractivity contribution in [3.63, 3.8) is 0 Å². The molecule has 0 saturated heterocycles. The Labute approximate surface area is 235 Å². The van der Waals surface area contributed by atoms with Gasteiger partial charge in [0.2, 0.25) is 0 Å². The molecule has 4 atom stereocenters. The van der Waals surface area contributed by atoms with Gasteiger partial charge < -0.3 is 9.47 Å². The van der Waals surface area contributed by atoms with E-state index in [-0.39, 0.29) is 24.0 Å². The topological polar surface area (TPSA) is 18.5 Å². The number of benzene rings is 5. The highest BCUT2D eigenvalue weighted by Crippen LogP contribution is 2.47. The van der Waals surface area contributed by atoms with Gasteiger partial charge in [0.05, 0.1) is 0 Å². The molecular weight excluding hydrogens is 488 g/mol. The summed E-state index contributed by atoms with van der Waals surface area (Å²) in [5, 5.41) is 0. The third-order valence-corrected chi connectivity index (χ3v) is 7.90. The van der Waals surface area contributed by atoms with Crippen LogP contribution in [0, 0.1) is 0 Å². The van der Waals surface area contributed by atoms with Gasteiger partial charge in [0.25, 0.3) is 0 Å². The molecule has 0 aromatic heterocycles. The van der Waals surface area contributed by atoms with Crippen LogP contribution in [0.5, 0.6) is 0 Å². The summed E-state index contributed by atoms with van der Waals surface area (Å²) in [4.78, 5) is 0. The molecule has 2 aliphatic rings. The molecule has 40 heavy (non-hydrogen) atoms. The van der Waals surface area contributed by atoms with Crippen LogP contribution >= 0.6 is 0 Å². The molecule has 2 heteroatoms. The molecule has 0 saturated carbocycles. The fourth-order valence-corrected chi connectivity index (χ4v) is 5.86. The predicted molar refractivity (Wildman–Crippen MR) is 161 cm³/mol. The van der Waals surface area contributed by atoms with E-state index >= 15 is 0 Å². The van der Waals surface area contributed by atoms with Gasteiger partial charge >= 0.3 is 0 Å². The van der Waals surface area contributed by atoms with E-state index in [2.05, 4.69) is 146 Å². The lowest BCUT2D eigenvalue weighted by Crippen LogP contribution is -2.07. The van der Waals surface area contributed by atoms with Gasteiger partial charge in [-0.3, -0.25) is 0 Å². The average molecular weight is 519 g/mol. The zero-order valence-electron chi connectivity index (χ0n) is 22.1. The van der Waals surface area contributed by atoms with Crippen molar-refractivity contribution in [2.45, 2.75) is 24.0 Å². The Hall–Kier alpha value is -4.82. The lowest BCUT2D eigenvalue weighted by molar-refractivity contribution is 0.178. The van der Waals surface area contributed by atoms with Gasteiger partial charge in [0.15, 0.2) is 0 Å². The van der Waals surface area contributed by atoms with Gasteiger partial charge in [-0.1, -0.05) is 146 Å². The van der Waals surface area contributed by atoms with Crippen LogP contribution in [0.4, 0.5) is 0 Å². The minimum Gasteiger partial charge on any atom is -0.484 e. The molecule has 0 spiro atoms. The Morgan fingerprint density at radius 3 is 0.950 bits per heavy atom. The predicted octanol–water partition coefficient (Wildman–Crippen LogP) is 9.48. The summed E-state index contributed by atoms with van der Waals surface area (Å²) in [6, 6.07) is 50.8. The zero-order chi connectivity index (χ0) is 26.7. The van der Waals surface area contributed by atoms with E-state index in [4.69, 9.17) is 9.47 Å². The third kappa shape index (κ3) is 4.74. The van der Waals surface area contributed by atoms with Gasteiger partial charge in [0.1, 0.15) is 23.7 Å². The monoisotopic (exact) mass is 518 g/mol. The fourth-order valence-electron chi connectivity index (χ4n) is 5.86. The van der Waals surface area contributed by atoms with Gasteiger partial charge in [-0.05, 0) is 34.4 Å². The first-order valence-corrected chi connectivity index (χ1v) is 13.9. The minimum absolute atomic E-state index is 0.0580. The first-order chi connectivity index (χ1) is 19.8. The summed E-state index contributed by atoms with van der Waals surface area (Å²) in [5.41, 5.74) is 7.02. The average Bonchev–Trinajstić information content (AvgIpc) is 3.69. The quantitative estimate of drug-likeness (QED) is 0.223. The van der Waals surface area contributed by atoms with Gasteiger partial charge in [-0.25, -0.2) is 0 Å². The molecule has 0 N–H and O–H groups in total. The van der Waals surface area contributed by atoms with E-state index in [0.717, 1.165) is 22.6 Å². The van der Waals surface area contributed by atoms with Crippen molar-refractivity contribution in [2.24, 2.45) is 0 Å². The second-order valence-electron chi connectivity index (χ2n) is 10.4. The van der Waals surface area contributed by atoms with Crippen molar-refractivity contribution in [3.05, 3.63) is 191 Å². The number of hydrogen-bond donors (Lipinski definition) is 0. The molecular formula is C38H30O2. The highest BCUT2D eigenvalue weighted by molar-refractivity contribution is 5.69. The van der Waals surface area contributed by atoms with Gasteiger partial charge in [-0.15, -0.1) is 0 Å². The van der Waals surface area contributed by atoms with Gasteiger partial charge in [-0.2, -0.15) is 0 Å². The van der Waals surface area contributed by atoms with Crippen LogP contribution in [0.15, 0.2) is 158 Å². The van der Waals surface area contributed by atoms with Crippen LogP contribution < -0.4 is 0 Å². The molecule has 7 rings (SSSR count). The Morgan fingerprint density at radius 2 is 0.625 bits per heavy atom. The fraction of sp³-hybridized carbons (Fsp3) is 0.105. The molecule has 2 nitrogen and oxygen atoms in total. The first-order valence-electron chi connectivity index (χ1n) is 13.9. The first kappa shape index (κ1) is 24.2. The molecule has 4 unspecified atom stereocenters. The highest BCUT2D eigenvalue weighted by atomic mass is 16.5. The second-order valence-corrected chi connectivity index (χ2v) is 10.4. The number of rotatable bonds is 6. The van der Waals surface area contributed by atoms with E-state index in [0.29, 0.717) is 0 Å². The molecule has 0 amide bonds. The van der Waals surface area contributed by atoms with E-state index in [1.165, 1.54) is 22.3 Å². The Balaban J connectivity index is 1.18. The Bertz CT molecular complexity index is 1500. The number of ether oxygens (including phenoxy) is 2. The maximum Gasteiger partial charge on any atom is 0.134 e. The van der Waals surface area contributed by atoms with E-state index in [1.807, 2.05) is 12.1 Å². The molecule has 194 valence electrons. The largest absolute Gasteiger partial charge is 0.484 e. The van der Waals surface area contributed by atoms with Crippen molar-refractivity contribution in [1.82, 2.24) is 0 Å². The lowest BCUT2D eigenvalue weighted by atomic mass is 9.89. The minimum atomic E-state index is -0.0580. The van der Waals surface area contributed by atoms with Crippen LogP contribution in [0.25, 0.3) is 11.5 Å². The SMILES string of the molecule is C1=C(c2ccc(C3=CC(c4ccccc4)C(c4ccccc4)O3)cc2)OC(c2ccccc2)C1c1ccccc1. The molecule has 0 radical (unpaired) electrons. The Kier molecular flexibility index (Phi) is 6.51. The maximum atomic E-state index is 6.63. The van der Waals surface area contributed by atoms with E-state index < -0.39 is 0 Å². The molecule has 5 aromatic rings. The lowest BCUT2D eigenvalue weighted by Gasteiger charge is -2.21. The normalized spacial score (nSPS) is 21.7. The van der Waals surface area contributed by atoms with Crippen molar-refractivity contribution in [3.8, 4) is 0 Å². The van der Waals surface area contributed by atoms with Crippen molar-refractivity contribution in [2.75, 3.05) is 0 Å². The van der Waals surface area contributed by atoms with E-state index in [1.54, 1.807) is 0 Å². The van der Waals surface area contributed by atoms with E-state index in [9.17, 15) is 0 Å². The molecule has 0 aliphatic carbocycles. The summed E-state index contributed by atoms with van der Waals surface area (Å²) < 4.78 is 13.3. The highest BCUT2D eigenvalue weighted by Gasteiger charge is 2.34. The third-order valence-electron chi connectivity index (χ3n) is 7.90. The van der Waals surface area contributed by atoms with Crippen LogP contribution in [-0.4, -0.2) is 0 Å². The maximum absolute atomic E-state index is 6.63. The molecule has 2 aliphatic heterocycles. The van der Waals surface area contributed by atoms with Crippen LogP contribution in [-0.2, 0) is 9.47 Å². The Morgan fingerprint density at radius 1 is 0.325 bits per heavy atom. The van der Waals surface area contributed by atoms with Crippen LogP contribution in [0.2, 0.25) is 0 Å². The smallest absolute Gasteiger partial charge is 0.134 e. The molecule has 0 bridgehead atoms. The molecule has 0 fully saturated rings. The summed E-state index contributed by atoms with van der Waals surface area (Å²) in [5.74, 6) is 2.13. The summed E-state index contributed by atoms with van der Waals surface area (Å²) >= 11 is 0. The summed E-state index contributed by atoms with van der Waals surface area (Å²) in [7, 11) is 0.